The third-order valence-corrected chi connectivity index (χ3v) is 6.83. The van der Waals surface area contributed by atoms with Crippen molar-refractivity contribution >= 4 is 34.9 Å². The van der Waals surface area contributed by atoms with Crippen molar-refractivity contribution in [3.05, 3.63) is 75.7 Å². The molecule has 0 N–H and O–H groups in total. The van der Waals surface area contributed by atoms with Crippen molar-refractivity contribution in [2.45, 2.75) is 6.54 Å². The summed E-state index contributed by atoms with van der Waals surface area (Å²) < 4.78 is 31.7. The number of benzene rings is 2. The van der Waals surface area contributed by atoms with Gasteiger partial charge in [0.15, 0.2) is 11.6 Å². The fourth-order valence-corrected chi connectivity index (χ4v) is 4.75. The van der Waals surface area contributed by atoms with Gasteiger partial charge in [-0.1, -0.05) is 18.2 Å². The molecule has 2 aromatic rings. The molecule has 3 amide bonds. The summed E-state index contributed by atoms with van der Waals surface area (Å²) in [4.78, 5) is 43.2. The Balaban J connectivity index is 1.38. The van der Waals surface area contributed by atoms with Gasteiger partial charge in [-0.05, 0) is 53.2 Å². The first-order valence-electron chi connectivity index (χ1n) is 11.2. The molecule has 2 aliphatic rings. The number of rotatable bonds is 7. The molecule has 2 saturated heterocycles. The molecule has 0 bridgehead atoms. The molecule has 2 heterocycles. The predicted molar refractivity (Wildman–Crippen MR) is 129 cm³/mol. The Morgan fingerprint density at radius 3 is 2.40 bits per heavy atom. The summed E-state index contributed by atoms with van der Waals surface area (Å²) in [7, 11) is 1.67. The van der Waals surface area contributed by atoms with E-state index < -0.39 is 22.8 Å². The van der Waals surface area contributed by atoms with Gasteiger partial charge in [-0.15, -0.1) is 0 Å². The largest absolute Gasteiger partial charge is 0.383 e. The second kappa shape index (κ2) is 11.1. The average molecular weight is 502 g/mol. The molecule has 10 heteroatoms. The highest BCUT2D eigenvalue weighted by Crippen LogP contribution is 2.33. The Labute approximate surface area is 206 Å². The van der Waals surface area contributed by atoms with Crippen molar-refractivity contribution in [1.82, 2.24) is 14.7 Å². The Morgan fingerprint density at radius 1 is 1.03 bits per heavy atom. The van der Waals surface area contributed by atoms with E-state index in [-0.39, 0.29) is 17.4 Å². The monoisotopic (exact) mass is 501 g/mol. The first-order chi connectivity index (χ1) is 16.9. The molecular formula is C25H25F2N3O4S. The van der Waals surface area contributed by atoms with Crippen LogP contribution < -0.4 is 0 Å². The van der Waals surface area contributed by atoms with E-state index in [2.05, 4.69) is 4.90 Å². The van der Waals surface area contributed by atoms with Crippen molar-refractivity contribution < 1.29 is 27.9 Å². The Kier molecular flexibility index (Phi) is 7.94. The van der Waals surface area contributed by atoms with Crippen LogP contribution in [0, 0.1) is 11.6 Å². The first kappa shape index (κ1) is 25.0. The molecule has 0 atom stereocenters. The van der Waals surface area contributed by atoms with Crippen LogP contribution in [0.1, 0.15) is 21.5 Å². The van der Waals surface area contributed by atoms with E-state index in [9.17, 15) is 23.2 Å². The number of imide groups is 1. The lowest BCUT2D eigenvalue weighted by Crippen LogP contribution is -2.49. The summed E-state index contributed by atoms with van der Waals surface area (Å²) in [5, 5.41) is -0.484. The van der Waals surface area contributed by atoms with Gasteiger partial charge >= 0.3 is 0 Å². The summed E-state index contributed by atoms with van der Waals surface area (Å²) >= 11 is 0.784. The minimum atomic E-state index is -1.03. The van der Waals surface area contributed by atoms with Crippen molar-refractivity contribution in [3.8, 4) is 0 Å². The first-order valence-corrected chi connectivity index (χ1v) is 12.0. The van der Waals surface area contributed by atoms with Crippen LogP contribution in [0.5, 0.6) is 0 Å². The Bertz CT molecular complexity index is 1150. The number of methoxy groups -OCH3 is 1. The third-order valence-electron chi connectivity index (χ3n) is 5.92. The Hall–Kier alpha value is -3.08. The summed E-state index contributed by atoms with van der Waals surface area (Å²) in [5.41, 5.74) is 1.54. The van der Waals surface area contributed by atoms with Gasteiger partial charge in [0.2, 0.25) is 0 Å². The number of carbonyl (C=O) groups excluding carboxylic acids is 3. The van der Waals surface area contributed by atoms with E-state index in [1.54, 1.807) is 37.5 Å². The lowest BCUT2D eigenvalue weighted by Gasteiger charge is -2.34. The van der Waals surface area contributed by atoms with Gasteiger partial charge in [-0.25, -0.2) is 8.78 Å². The van der Waals surface area contributed by atoms with Crippen LogP contribution in [-0.2, 0) is 16.1 Å². The van der Waals surface area contributed by atoms with Gasteiger partial charge in [0.25, 0.3) is 17.1 Å². The van der Waals surface area contributed by atoms with Crippen LogP contribution in [0.15, 0.2) is 47.4 Å². The third kappa shape index (κ3) is 5.95. The SMILES string of the molecule is COCCN1CCN(C(=O)c2ccc(C=C3SC(=O)N(Cc4ccc(F)c(F)c4)C3=O)cc2)CC1. The fourth-order valence-electron chi connectivity index (χ4n) is 3.91. The van der Waals surface area contributed by atoms with Crippen LogP contribution in [0.2, 0.25) is 0 Å². The van der Waals surface area contributed by atoms with E-state index in [0.717, 1.165) is 48.4 Å². The summed E-state index contributed by atoms with van der Waals surface area (Å²) in [6.07, 6.45) is 1.58. The molecule has 35 heavy (non-hydrogen) atoms. The average Bonchev–Trinajstić information content (AvgIpc) is 3.12. The smallest absolute Gasteiger partial charge is 0.293 e. The van der Waals surface area contributed by atoms with Crippen LogP contribution in [0.3, 0.4) is 0 Å². The van der Waals surface area contributed by atoms with Gasteiger partial charge in [0, 0.05) is 45.4 Å². The zero-order chi connectivity index (χ0) is 24.9. The van der Waals surface area contributed by atoms with Gasteiger partial charge in [0.1, 0.15) is 0 Å². The highest BCUT2D eigenvalue weighted by Gasteiger charge is 2.35. The molecule has 0 aromatic heterocycles. The predicted octanol–water partition coefficient (Wildman–Crippen LogP) is 3.61. The van der Waals surface area contributed by atoms with Crippen LogP contribution in [0.4, 0.5) is 13.6 Å². The van der Waals surface area contributed by atoms with Crippen LogP contribution in [0.25, 0.3) is 6.08 Å². The number of piperazine rings is 1. The molecule has 7 nitrogen and oxygen atoms in total. The maximum absolute atomic E-state index is 13.5. The number of hydrogen-bond acceptors (Lipinski definition) is 6. The van der Waals surface area contributed by atoms with Crippen molar-refractivity contribution in [3.63, 3.8) is 0 Å². The Morgan fingerprint density at radius 2 is 1.74 bits per heavy atom. The zero-order valence-electron chi connectivity index (χ0n) is 19.2. The maximum Gasteiger partial charge on any atom is 0.293 e. The molecule has 2 aromatic carbocycles. The molecule has 0 aliphatic carbocycles. The number of hydrogen-bond donors (Lipinski definition) is 0. The summed E-state index contributed by atoms with van der Waals surface area (Å²) in [6.45, 7) is 4.26. The molecule has 0 unspecified atom stereocenters. The van der Waals surface area contributed by atoms with Crippen molar-refractivity contribution in [1.29, 1.82) is 0 Å². The lowest BCUT2D eigenvalue weighted by molar-refractivity contribution is -0.123. The molecule has 4 rings (SSSR count). The topological polar surface area (TPSA) is 70.2 Å². The number of amides is 3. The van der Waals surface area contributed by atoms with Crippen molar-refractivity contribution in [2.24, 2.45) is 0 Å². The maximum atomic E-state index is 13.5. The lowest BCUT2D eigenvalue weighted by atomic mass is 10.1. The normalized spacial score (nSPS) is 18.1. The fraction of sp³-hybridized carbons (Fsp3) is 0.320. The van der Waals surface area contributed by atoms with Gasteiger partial charge in [-0.2, -0.15) is 0 Å². The highest BCUT2D eigenvalue weighted by molar-refractivity contribution is 8.18. The van der Waals surface area contributed by atoms with Gasteiger partial charge < -0.3 is 9.64 Å². The van der Waals surface area contributed by atoms with Gasteiger partial charge in [0.05, 0.1) is 18.1 Å². The zero-order valence-corrected chi connectivity index (χ0v) is 20.0. The number of carbonyl (C=O) groups is 3. The number of thioether (sulfide) groups is 1. The molecule has 0 radical (unpaired) electrons. The molecule has 0 spiro atoms. The second-order valence-corrected chi connectivity index (χ2v) is 9.26. The minimum Gasteiger partial charge on any atom is -0.383 e. The van der Waals surface area contributed by atoms with E-state index >= 15 is 0 Å². The standard InChI is InChI=1S/C25H25F2N3O4S/c1-34-13-12-28-8-10-29(11-9-28)23(31)19-5-2-17(3-6-19)15-22-24(32)30(25(33)35-22)16-18-4-7-20(26)21(27)14-18/h2-7,14-15H,8-13,16H2,1H3. The number of nitrogens with zero attached hydrogens (tertiary/aromatic N) is 3. The molecule has 0 saturated carbocycles. The van der Waals surface area contributed by atoms with Gasteiger partial charge in [-0.3, -0.25) is 24.2 Å². The van der Waals surface area contributed by atoms with Crippen molar-refractivity contribution in [2.75, 3.05) is 46.4 Å². The summed E-state index contributed by atoms with van der Waals surface area (Å²) in [5.74, 6) is -2.58. The number of halogens is 2. The van der Waals surface area contributed by atoms with E-state index in [1.807, 2.05) is 4.90 Å². The van der Waals surface area contributed by atoms with Crippen LogP contribution >= 0.6 is 11.8 Å². The summed E-state index contributed by atoms with van der Waals surface area (Å²) in [6, 6.07) is 10.1. The molecule has 2 fully saturated rings. The highest BCUT2D eigenvalue weighted by atomic mass is 32.2. The molecule has 184 valence electrons. The quantitative estimate of drug-likeness (QED) is 0.540. The van der Waals surface area contributed by atoms with E-state index in [4.69, 9.17) is 4.74 Å². The van der Waals surface area contributed by atoms with Crippen LogP contribution in [-0.4, -0.2) is 78.2 Å². The van der Waals surface area contributed by atoms with E-state index in [1.165, 1.54) is 6.07 Å². The minimum absolute atomic E-state index is 0.0465. The second-order valence-electron chi connectivity index (χ2n) is 8.26. The molecular weight excluding hydrogens is 476 g/mol. The number of ether oxygens (including phenoxy) is 1. The van der Waals surface area contributed by atoms with E-state index in [0.29, 0.717) is 36.4 Å². The molecule has 2 aliphatic heterocycles.